The number of hydrogen-bond donors (Lipinski definition) is 2. The van der Waals surface area contributed by atoms with Gasteiger partial charge in [-0.15, -0.1) is 12.3 Å². The molecule has 1 amide bonds. The van der Waals surface area contributed by atoms with Gasteiger partial charge in [0.15, 0.2) is 0 Å². The molecule has 0 radical (unpaired) electrons. The fourth-order valence-electron chi connectivity index (χ4n) is 1.50. The molecule has 1 atom stereocenters. The van der Waals surface area contributed by atoms with E-state index in [0.717, 1.165) is 13.0 Å². The lowest BCUT2D eigenvalue weighted by atomic mass is 10.1. The summed E-state index contributed by atoms with van der Waals surface area (Å²) < 4.78 is 0. The van der Waals surface area contributed by atoms with Crippen LogP contribution in [-0.4, -0.2) is 25.0 Å². The predicted octanol–water partition coefficient (Wildman–Crippen LogP) is 0.268. The minimum absolute atomic E-state index is 0.106. The van der Waals surface area contributed by atoms with Gasteiger partial charge in [0.1, 0.15) is 0 Å². The molecule has 0 aromatic heterocycles. The average molecular weight is 180 g/mol. The highest BCUT2D eigenvalue weighted by molar-refractivity contribution is 5.76. The Hall–Kier alpha value is -1.01. The van der Waals surface area contributed by atoms with Crippen LogP contribution in [0.25, 0.3) is 0 Å². The van der Waals surface area contributed by atoms with Crippen molar-refractivity contribution in [3.63, 3.8) is 0 Å². The third-order valence-corrected chi connectivity index (χ3v) is 2.19. The highest BCUT2D eigenvalue weighted by Crippen LogP contribution is 2.07. The van der Waals surface area contributed by atoms with Gasteiger partial charge >= 0.3 is 0 Å². The Morgan fingerprint density at radius 3 is 3.15 bits per heavy atom. The first-order valence-corrected chi connectivity index (χ1v) is 4.76. The minimum Gasteiger partial charge on any atom is -0.355 e. The van der Waals surface area contributed by atoms with E-state index in [1.807, 2.05) is 0 Å². The lowest BCUT2D eigenvalue weighted by Gasteiger charge is -2.09. The Kier molecular flexibility index (Phi) is 4.34. The lowest BCUT2D eigenvalue weighted by molar-refractivity contribution is -0.121. The molecule has 1 aliphatic heterocycles. The molecule has 3 nitrogen and oxygen atoms in total. The maximum Gasteiger partial charge on any atom is 0.221 e. The van der Waals surface area contributed by atoms with Crippen molar-refractivity contribution >= 4 is 5.91 Å². The van der Waals surface area contributed by atoms with E-state index in [9.17, 15) is 4.79 Å². The first-order chi connectivity index (χ1) is 6.33. The molecule has 72 valence electrons. The van der Waals surface area contributed by atoms with Crippen molar-refractivity contribution in [2.45, 2.75) is 31.7 Å². The maximum atomic E-state index is 11.3. The van der Waals surface area contributed by atoms with Gasteiger partial charge in [-0.25, -0.2) is 0 Å². The van der Waals surface area contributed by atoms with Gasteiger partial charge in [0.25, 0.3) is 0 Å². The molecular weight excluding hydrogens is 164 g/mol. The number of carbonyl (C=O) groups excluding carboxylic acids is 1. The standard InChI is InChI=1S/C10H16N2O/c1-2-3-6-12-10(13)8-9-5-4-7-11-9/h1,9,11H,3-8H2,(H,12,13). The van der Waals surface area contributed by atoms with Crippen LogP contribution in [0, 0.1) is 12.3 Å². The van der Waals surface area contributed by atoms with Crippen LogP contribution in [-0.2, 0) is 4.79 Å². The van der Waals surface area contributed by atoms with Crippen LogP contribution in [0.15, 0.2) is 0 Å². The molecule has 1 rings (SSSR count). The normalized spacial score (nSPS) is 21.0. The van der Waals surface area contributed by atoms with Gasteiger partial charge in [-0.3, -0.25) is 4.79 Å². The highest BCUT2D eigenvalue weighted by Gasteiger charge is 2.16. The molecule has 0 saturated carbocycles. The van der Waals surface area contributed by atoms with Crippen LogP contribution in [0.2, 0.25) is 0 Å². The summed E-state index contributed by atoms with van der Waals surface area (Å²) in [5, 5.41) is 6.07. The van der Waals surface area contributed by atoms with Crippen LogP contribution in [0.4, 0.5) is 0 Å². The maximum absolute atomic E-state index is 11.3. The SMILES string of the molecule is C#CCCNC(=O)CC1CCCN1. The Morgan fingerprint density at radius 2 is 2.54 bits per heavy atom. The number of amides is 1. The molecule has 1 fully saturated rings. The van der Waals surface area contributed by atoms with Gasteiger partial charge in [-0.05, 0) is 19.4 Å². The zero-order valence-corrected chi connectivity index (χ0v) is 7.81. The summed E-state index contributed by atoms with van der Waals surface area (Å²) in [6, 6.07) is 0.380. The lowest BCUT2D eigenvalue weighted by Crippen LogP contribution is -2.32. The van der Waals surface area contributed by atoms with E-state index >= 15 is 0 Å². The smallest absolute Gasteiger partial charge is 0.221 e. The molecular formula is C10H16N2O. The van der Waals surface area contributed by atoms with E-state index in [0.29, 0.717) is 25.4 Å². The van der Waals surface area contributed by atoms with Crippen molar-refractivity contribution in [1.29, 1.82) is 0 Å². The summed E-state index contributed by atoms with van der Waals surface area (Å²) in [5.41, 5.74) is 0. The second kappa shape index (κ2) is 5.60. The third kappa shape index (κ3) is 3.95. The van der Waals surface area contributed by atoms with Crippen molar-refractivity contribution in [2.75, 3.05) is 13.1 Å². The van der Waals surface area contributed by atoms with E-state index in [-0.39, 0.29) is 5.91 Å². The second-order valence-corrected chi connectivity index (χ2v) is 3.30. The molecule has 0 aliphatic carbocycles. The second-order valence-electron chi connectivity index (χ2n) is 3.30. The first-order valence-electron chi connectivity index (χ1n) is 4.76. The van der Waals surface area contributed by atoms with Gasteiger partial charge in [-0.2, -0.15) is 0 Å². The number of hydrogen-bond acceptors (Lipinski definition) is 2. The minimum atomic E-state index is 0.106. The highest BCUT2D eigenvalue weighted by atomic mass is 16.1. The monoisotopic (exact) mass is 180 g/mol. The molecule has 0 spiro atoms. The number of terminal acetylenes is 1. The van der Waals surface area contributed by atoms with Crippen molar-refractivity contribution in [3.8, 4) is 12.3 Å². The largest absolute Gasteiger partial charge is 0.355 e. The van der Waals surface area contributed by atoms with Gasteiger partial charge in [0, 0.05) is 25.4 Å². The van der Waals surface area contributed by atoms with Gasteiger partial charge in [0.05, 0.1) is 0 Å². The molecule has 0 aromatic rings. The summed E-state index contributed by atoms with van der Waals surface area (Å²) in [4.78, 5) is 11.3. The Morgan fingerprint density at radius 1 is 1.69 bits per heavy atom. The van der Waals surface area contributed by atoms with Crippen LogP contribution in [0.1, 0.15) is 25.7 Å². The Bertz CT molecular complexity index is 201. The molecule has 0 bridgehead atoms. The Labute approximate surface area is 79.3 Å². The Balaban J connectivity index is 2.07. The van der Waals surface area contributed by atoms with E-state index < -0.39 is 0 Å². The molecule has 1 heterocycles. The summed E-state index contributed by atoms with van der Waals surface area (Å²) in [6.07, 6.45) is 8.56. The number of carbonyl (C=O) groups is 1. The van der Waals surface area contributed by atoms with Crippen LogP contribution < -0.4 is 10.6 Å². The van der Waals surface area contributed by atoms with E-state index in [1.165, 1.54) is 6.42 Å². The quantitative estimate of drug-likeness (QED) is 0.481. The molecule has 1 aliphatic rings. The predicted molar refractivity (Wildman–Crippen MR) is 52.1 cm³/mol. The van der Waals surface area contributed by atoms with Crippen LogP contribution in [0.5, 0.6) is 0 Å². The van der Waals surface area contributed by atoms with Crippen LogP contribution >= 0.6 is 0 Å². The molecule has 3 heteroatoms. The fraction of sp³-hybridized carbons (Fsp3) is 0.700. The summed E-state index contributed by atoms with van der Waals surface area (Å²) in [5.74, 6) is 2.59. The van der Waals surface area contributed by atoms with Gasteiger partial charge < -0.3 is 10.6 Å². The molecule has 1 unspecified atom stereocenters. The fourth-order valence-corrected chi connectivity index (χ4v) is 1.50. The van der Waals surface area contributed by atoms with E-state index in [2.05, 4.69) is 16.6 Å². The topological polar surface area (TPSA) is 41.1 Å². The van der Waals surface area contributed by atoms with E-state index in [4.69, 9.17) is 6.42 Å². The summed E-state index contributed by atoms with van der Waals surface area (Å²) in [7, 11) is 0. The molecule has 1 saturated heterocycles. The van der Waals surface area contributed by atoms with Gasteiger partial charge in [0.2, 0.25) is 5.91 Å². The first kappa shape index (κ1) is 10.1. The van der Waals surface area contributed by atoms with Crippen molar-refractivity contribution < 1.29 is 4.79 Å². The molecule has 13 heavy (non-hydrogen) atoms. The summed E-state index contributed by atoms with van der Waals surface area (Å²) >= 11 is 0. The average Bonchev–Trinajstić information content (AvgIpc) is 2.57. The zero-order chi connectivity index (χ0) is 9.52. The summed E-state index contributed by atoms with van der Waals surface area (Å²) in [6.45, 7) is 1.64. The zero-order valence-electron chi connectivity index (χ0n) is 7.81. The van der Waals surface area contributed by atoms with E-state index in [1.54, 1.807) is 0 Å². The third-order valence-electron chi connectivity index (χ3n) is 2.19. The van der Waals surface area contributed by atoms with Crippen molar-refractivity contribution in [2.24, 2.45) is 0 Å². The number of rotatable bonds is 4. The molecule has 2 N–H and O–H groups in total. The van der Waals surface area contributed by atoms with Gasteiger partial charge in [-0.1, -0.05) is 0 Å². The van der Waals surface area contributed by atoms with Crippen molar-refractivity contribution in [1.82, 2.24) is 10.6 Å². The number of nitrogens with one attached hydrogen (secondary N) is 2. The van der Waals surface area contributed by atoms with Crippen molar-refractivity contribution in [3.05, 3.63) is 0 Å². The molecule has 0 aromatic carbocycles. The van der Waals surface area contributed by atoms with Crippen LogP contribution in [0.3, 0.4) is 0 Å².